The lowest BCUT2D eigenvalue weighted by molar-refractivity contribution is 0.570. The summed E-state index contributed by atoms with van der Waals surface area (Å²) in [6, 6.07) is 4.67. The summed E-state index contributed by atoms with van der Waals surface area (Å²) in [7, 11) is 3.71. The van der Waals surface area contributed by atoms with E-state index in [0.717, 1.165) is 22.5 Å². The van der Waals surface area contributed by atoms with Crippen LogP contribution in [0.1, 0.15) is 17.0 Å². The molecule has 20 heavy (non-hydrogen) atoms. The molecule has 0 saturated heterocycles. The number of nitrogens with zero attached hydrogens (tertiary/aromatic N) is 6. The molecule has 0 atom stereocenters. The van der Waals surface area contributed by atoms with Gasteiger partial charge in [-0.1, -0.05) is 6.07 Å². The van der Waals surface area contributed by atoms with Crippen molar-refractivity contribution in [1.29, 1.82) is 0 Å². The molecule has 0 fully saturated rings. The van der Waals surface area contributed by atoms with E-state index in [1.165, 1.54) is 5.56 Å². The molecule has 2 heterocycles. The quantitative estimate of drug-likeness (QED) is 0.721. The van der Waals surface area contributed by atoms with E-state index in [9.17, 15) is 0 Å². The van der Waals surface area contributed by atoms with Gasteiger partial charge in [0.05, 0.1) is 6.54 Å². The Morgan fingerprint density at radius 1 is 1.30 bits per heavy atom. The molecule has 0 aliphatic rings. The number of rotatable bonds is 3. The Bertz CT molecular complexity index is 759. The van der Waals surface area contributed by atoms with E-state index < -0.39 is 0 Å². The van der Waals surface area contributed by atoms with Gasteiger partial charge in [-0.15, -0.1) is 5.10 Å². The topological polar surface area (TPSA) is 72.9 Å². The Morgan fingerprint density at radius 3 is 2.80 bits per heavy atom. The maximum Gasteiger partial charge on any atom is 0.298 e. The van der Waals surface area contributed by atoms with Crippen molar-refractivity contribution in [3.05, 3.63) is 29.1 Å². The second-order valence-corrected chi connectivity index (χ2v) is 5.00. The van der Waals surface area contributed by atoms with Crippen LogP contribution in [0, 0.1) is 13.8 Å². The maximum atomic E-state index is 5.84. The second-order valence-electron chi connectivity index (χ2n) is 5.00. The molecule has 104 valence electrons. The van der Waals surface area contributed by atoms with Gasteiger partial charge in [0.15, 0.2) is 11.4 Å². The molecule has 3 rings (SSSR count). The standard InChI is InChI=1S/C13H16N6O/c1-8-5-9(2)12-10(6-8)14-13(20-12)18(3)7-11-15-16-17-19(11)4/h5-6H,7H2,1-4H3. The van der Waals surface area contributed by atoms with Crippen molar-refractivity contribution in [3.63, 3.8) is 0 Å². The summed E-state index contributed by atoms with van der Waals surface area (Å²) in [5.41, 5.74) is 3.97. The van der Waals surface area contributed by atoms with Crippen molar-refractivity contribution in [2.24, 2.45) is 7.05 Å². The normalized spacial score (nSPS) is 11.2. The van der Waals surface area contributed by atoms with Crippen LogP contribution in [-0.4, -0.2) is 32.2 Å². The minimum atomic E-state index is 0.536. The zero-order chi connectivity index (χ0) is 14.3. The van der Waals surface area contributed by atoms with Crippen molar-refractivity contribution in [3.8, 4) is 0 Å². The third-order valence-electron chi connectivity index (χ3n) is 3.22. The third kappa shape index (κ3) is 2.11. The molecule has 7 heteroatoms. The van der Waals surface area contributed by atoms with E-state index in [2.05, 4.69) is 33.5 Å². The summed E-state index contributed by atoms with van der Waals surface area (Å²) in [6.07, 6.45) is 0. The summed E-state index contributed by atoms with van der Waals surface area (Å²) in [5.74, 6) is 0.752. The van der Waals surface area contributed by atoms with Crippen molar-refractivity contribution < 1.29 is 4.42 Å². The molecule has 0 radical (unpaired) electrons. The molecule has 0 saturated carbocycles. The van der Waals surface area contributed by atoms with E-state index in [0.29, 0.717) is 12.6 Å². The number of oxazole rings is 1. The number of hydrogen-bond donors (Lipinski definition) is 0. The molecule has 0 aliphatic carbocycles. The lowest BCUT2D eigenvalue weighted by Crippen LogP contribution is -2.19. The fourth-order valence-electron chi connectivity index (χ4n) is 2.19. The first kappa shape index (κ1) is 12.6. The monoisotopic (exact) mass is 272 g/mol. The maximum absolute atomic E-state index is 5.84. The van der Waals surface area contributed by atoms with E-state index in [-0.39, 0.29) is 0 Å². The number of tetrazole rings is 1. The lowest BCUT2D eigenvalue weighted by atomic mass is 10.1. The first-order valence-electron chi connectivity index (χ1n) is 6.35. The Kier molecular flexibility index (Phi) is 2.89. The highest BCUT2D eigenvalue weighted by Gasteiger charge is 2.14. The highest BCUT2D eigenvalue weighted by atomic mass is 16.4. The van der Waals surface area contributed by atoms with Crippen LogP contribution in [0.5, 0.6) is 0 Å². The number of hydrogen-bond acceptors (Lipinski definition) is 6. The van der Waals surface area contributed by atoms with Crippen LogP contribution >= 0.6 is 0 Å². The zero-order valence-corrected chi connectivity index (χ0v) is 12.0. The third-order valence-corrected chi connectivity index (χ3v) is 3.22. The van der Waals surface area contributed by atoms with Gasteiger partial charge in [-0.3, -0.25) is 0 Å². The Labute approximate surface area is 116 Å². The average molecular weight is 272 g/mol. The fourth-order valence-corrected chi connectivity index (χ4v) is 2.19. The van der Waals surface area contributed by atoms with Crippen LogP contribution in [-0.2, 0) is 13.6 Å². The molecule has 2 aromatic heterocycles. The van der Waals surface area contributed by atoms with Crippen LogP contribution in [0.25, 0.3) is 11.1 Å². The number of benzene rings is 1. The van der Waals surface area contributed by atoms with Crippen LogP contribution < -0.4 is 4.90 Å². The summed E-state index contributed by atoms with van der Waals surface area (Å²) < 4.78 is 7.47. The van der Waals surface area contributed by atoms with Gasteiger partial charge in [-0.05, 0) is 41.5 Å². The zero-order valence-electron chi connectivity index (χ0n) is 12.0. The molecule has 0 spiro atoms. The average Bonchev–Trinajstić information content (AvgIpc) is 2.96. The van der Waals surface area contributed by atoms with E-state index in [1.807, 2.05) is 32.0 Å². The van der Waals surface area contributed by atoms with Gasteiger partial charge >= 0.3 is 0 Å². The molecule has 0 N–H and O–H groups in total. The smallest absolute Gasteiger partial charge is 0.298 e. The largest absolute Gasteiger partial charge is 0.423 e. The van der Waals surface area contributed by atoms with Gasteiger partial charge in [0, 0.05) is 14.1 Å². The van der Waals surface area contributed by atoms with Gasteiger partial charge < -0.3 is 9.32 Å². The highest BCUT2D eigenvalue weighted by molar-refractivity contribution is 5.78. The van der Waals surface area contributed by atoms with Gasteiger partial charge in [-0.25, -0.2) is 4.68 Å². The number of anilines is 1. The number of aryl methyl sites for hydroxylation is 3. The van der Waals surface area contributed by atoms with Crippen molar-refractivity contribution >= 4 is 17.1 Å². The second kappa shape index (κ2) is 4.59. The SMILES string of the molecule is Cc1cc(C)c2oc(N(C)Cc3nnnn3C)nc2c1. The van der Waals surface area contributed by atoms with Crippen LogP contribution in [0.2, 0.25) is 0 Å². The van der Waals surface area contributed by atoms with Crippen molar-refractivity contribution in [1.82, 2.24) is 25.2 Å². The molecular weight excluding hydrogens is 256 g/mol. The number of aromatic nitrogens is 5. The summed E-state index contributed by atoms with van der Waals surface area (Å²) in [5, 5.41) is 11.4. The molecule has 0 unspecified atom stereocenters. The lowest BCUT2D eigenvalue weighted by Gasteiger charge is -2.12. The molecule has 0 bridgehead atoms. The molecular formula is C13H16N6O. The predicted molar refractivity (Wildman–Crippen MR) is 74.4 cm³/mol. The van der Waals surface area contributed by atoms with Gasteiger partial charge in [0.2, 0.25) is 0 Å². The van der Waals surface area contributed by atoms with Crippen LogP contribution in [0.4, 0.5) is 6.01 Å². The minimum absolute atomic E-state index is 0.536. The molecule has 7 nitrogen and oxygen atoms in total. The Hall–Kier alpha value is -2.44. The number of fused-ring (bicyclic) bond motifs is 1. The minimum Gasteiger partial charge on any atom is -0.423 e. The molecule has 3 aromatic rings. The van der Waals surface area contributed by atoms with Crippen molar-refractivity contribution in [2.45, 2.75) is 20.4 Å². The summed E-state index contributed by atoms with van der Waals surface area (Å²) in [4.78, 5) is 6.42. The van der Waals surface area contributed by atoms with Crippen molar-refractivity contribution in [2.75, 3.05) is 11.9 Å². The first-order valence-corrected chi connectivity index (χ1v) is 6.35. The van der Waals surface area contributed by atoms with Gasteiger partial charge in [0.25, 0.3) is 6.01 Å². The first-order chi connectivity index (χ1) is 9.54. The Balaban J connectivity index is 1.94. The highest BCUT2D eigenvalue weighted by Crippen LogP contribution is 2.25. The van der Waals surface area contributed by atoms with E-state index in [1.54, 1.807) is 4.68 Å². The van der Waals surface area contributed by atoms with Crippen LogP contribution in [0.3, 0.4) is 0 Å². The predicted octanol–water partition coefficient (Wildman–Crippen LogP) is 1.60. The Morgan fingerprint density at radius 2 is 2.10 bits per heavy atom. The molecule has 0 aliphatic heterocycles. The van der Waals surface area contributed by atoms with Crippen LogP contribution in [0.15, 0.2) is 16.5 Å². The van der Waals surface area contributed by atoms with E-state index >= 15 is 0 Å². The summed E-state index contributed by atoms with van der Waals surface area (Å²) >= 11 is 0. The fraction of sp³-hybridized carbons (Fsp3) is 0.385. The van der Waals surface area contributed by atoms with E-state index in [4.69, 9.17) is 4.42 Å². The molecule has 0 amide bonds. The molecule has 1 aromatic carbocycles. The van der Waals surface area contributed by atoms with Gasteiger partial charge in [0.1, 0.15) is 5.52 Å². The van der Waals surface area contributed by atoms with Gasteiger partial charge in [-0.2, -0.15) is 4.98 Å². The summed E-state index contributed by atoms with van der Waals surface area (Å²) in [6.45, 7) is 4.61.